The number of para-hydroxylation sites is 2. The van der Waals surface area contributed by atoms with Crippen LogP contribution in [0.1, 0.15) is 47.8 Å². The summed E-state index contributed by atoms with van der Waals surface area (Å²) in [7, 11) is 0. The van der Waals surface area contributed by atoms with Gasteiger partial charge in [-0.05, 0) is 60.2 Å². The predicted octanol–water partition coefficient (Wildman–Crippen LogP) is 8.18. The first-order valence-corrected chi connectivity index (χ1v) is 13.4. The maximum Gasteiger partial charge on any atom is 0.416 e. The van der Waals surface area contributed by atoms with E-state index in [4.69, 9.17) is 9.52 Å². The molecule has 4 aromatic carbocycles. The zero-order valence-electron chi connectivity index (χ0n) is 24.0. The summed E-state index contributed by atoms with van der Waals surface area (Å²) in [5, 5.41) is 27.9. The molecule has 1 aromatic heterocycles. The molecule has 0 saturated carbocycles. The molecular formula is C34H20F6O8. The number of carbonyl (C=O) groups excluding carboxylic acids is 1. The van der Waals surface area contributed by atoms with Crippen LogP contribution in [0.3, 0.4) is 0 Å². The molecule has 0 radical (unpaired) electrons. The van der Waals surface area contributed by atoms with Crippen molar-refractivity contribution in [3.8, 4) is 17.1 Å². The van der Waals surface area contributed by atoms with E-state index < -0.39 is 57.9 Å². The number of hydrogen-bond donors (Lipinski definition) is 3. The summed E-state index contributed by atoms with van der Waals surface area (Å²) in [6, 6.07) is 17.4. The number of alkyl halides is 6. The van der Waals surface area contributed by atoms with Crippen molar-refractivity contribution in [1.29, 1.82) is 0 Å². The number of carboxylic acid groups (broad SMARTS) is 2. The first-order valence-electron chi connectivity index (χ1n) is 13.4. The van der Waals surface area contributed by atoms with Crippen LogP contribution in [-0.4, -0.2) is 33.0 Å². The highest BCUT2D eigenvalue weighted by Gasteiger charge is 2.31. The van der Waals surface area contributed by atoms with Gasteiger partial charge < -0.3 is 19.7 Å². The zero-order chi connectivity index (χ0) is 35.4. The van der Waals surface area contributed by atoms with Crippen molar-refractivity contribution in [2.45, 2.75) is 12.4 Å². The summed E-state index contributed by atoms with van der Waals surface area (Å²) in [6.45, 7) is 0. The molecule has 5 rings (SSSR count). The fraction of sp³-hybridized carbons (Fsp3) is 0.0588. The monoisotopic (exact) mass is 670 g/mol. The highest BCUT2D eigenvalue weighted by molar-refractivity contribution is 6.10. The molecule has 246 valence electrons. The Kier molecular flexibility index (Phi) is 9.88. The van der Waals surface area contributed by atoms with E-state index in [1.807, 2.05) is 0 Å². The Balaban J connectivity index is 0.000000217. The first kappa shape index (κ1) is 34.7. The Morgan fingerprint density at radius 2 is 1.21 bits per heavy atom. The second kappa shape index (κ2) is 13.7. The predicted molar refractivity (Wildman–Crippen MR) is 160 cm³/mol. The van der Waals surface area contributed by atoms with Crippen molar-refractivity contribution < 1.29 is 60.5 Å². The number of ketones is 1. The van der Waals surface area contributed by atoms with E-state index in [9.17, 15) is 55.7 Å². The van der Waals surface area contributed by atoms with Crippen LogP contribution in [0.5, 0.6) is 5.75 Å². The van der Waals surface area contributed by atoms with Crippen molar-refractivity contribution in [3.63, 3.8) is 0 Å². The lowest BCUT2D eigenvalue weighted by Gasteiger charge is -2.09. The fourth-order valence-corrected chi connectivity index (χ4v) is 4.33. The second-order valence-electron chi connectivity index (χ2n) is 9.87. The summed E-state index contributed by atoms with van der Waals surface area (Å²) >= 11 is 0. The standard InChI is InChI=1S/C17H9F3O4.C17H11F3O4/c18-17(19,20)10-4-1-3-9(7-10)14-8-13(21)11-5-2-6-12(16(22)23)15(11)24-14;18-17(19,20)11-4-1-3-10(9-11)7-8-14(21)12-5-2-6-13(15(12)22)16(23)24/h1-8H,(H,22,23);1-9,22H,(H,23,24)/b;8-7+. The highest BCUT2D eigenvalue weighted by atomic mass is 19.4. The van der Waals surface area contributed by atoms with Crippen LogP contribution in [0.15, 0.2) is 106 Å². The SMILES string of the molecule is O=C(O)c1cccc(C(=O)/C=C/c2cccc(C(F)(F)F)c2)c1O.O=C(O)c1cccc2c(=O)cc(-c3cccc(C(F)(F)F)c3)oc12. The van der Waals surface area contributed by atoms with Gasteiger partial charge in [-0.2, -0.15) is 26.3 Å². The number of allylic oxidation sites excluding steroid dienone is 1. The molecule has 0 fully saturated rings. The molecule has 0 aliphatic carbocycles. The Morgan fingerprint density at radius 1 is 0.667 bits per heavy atom. The molecular weight excluding hydrogens is 650 g/mol. The van der Waals surface area contributed by atoms with Gasteiger partial charge in [0.25, 0.3) is 0 Å². The van der Waals surface area contributed by atoms with Crippen LogP contribution in [-0.2, 0) is 12.4 Å². The quantitative estimate of drug-likeness (QED) is 0.0933. The topological polar surface area (TPSA) is 142 Å². The van der Waals surface area contributed by atoms with E-state index in [0.717, 1.165) is 48.6 Å². The molecule has 0 atom stereocenters. The smallest absolute Gasteiger partial charge is 0.416 e. The summed E-state index contributed by atoms with van der Waals surface area (Å²) in [6.07, 6.45) is -6.91. The molecule has 0 bridgehead atoms. The minimum atomic E-state index is -4.54. The number of rotatable bonds is 6. The Bertz CT molecular complexity index is 2130. The number of halogens is 6. The molecule has 0 saturated heterocycles. The van der Waals surface area contributed by atoms with Crippen molar-refractivity contribution in [1.82, 2.24) is 0 Å². The van der Waals surface area contributed by atoms with Gasteiger partial charge in [-0.1, -0.05) is 42.5 Å². The Labute approximate surface area is 265 Å². The second-order valence-corrected chi connectivity index (χ2v) is 9.87. The summed E-state index contributed by atoms with van der Waals surface area (Å²) in [5.41, 5.74) is -3.21. The van der Waals surface area contributed by atoms with E-state index in [1.165, 1.54) is 54.6 Å². The molecule has 5 aromatic rings. The molecule has 0 aliphatic heterocycles. The van der Waals surface area contributed by atoms with E-state index in [0.29, 0.717) is 0 Å². The number of carbonyl (C=O) groups is 3. The number of hydrogen-bond acceptors (Lipinski definition) is 6. The van der Waals surface area contributed by atoms with Crippen LogP contribution < -0.4 is 5.43 Å². The van der Waals surface area contributed by atoms with Gasteiger partial charge in [-0.3, -0.25) is 9.59 Å². The van der Waals surface area contributed by atoms with Crippen molar-refractivity contribution >= 4 is 34.8 Å². The average Bonchev–Trinajstić information content (AvgIpc) is 3.03. The number of benzene rings is 4. The van der Waals surface area contributed by atoms with Crippen LogP contribution >= 0.6 is 0 Å². The van der Waals surface area contributed by atoms with Crippen LogP contribution in [0, 0.1) is 0 Å². The van der Waals surface area contributed by atoms with Gasteiger partial charge in [-0.25, -0.2) is 9.59 Å². The lowest BCUT2D eigenvalue weighted by molar-refractivity contribution is -0.138. The van der Waals surface area contributed by atoms with Gasteiger partial charge in [-0.15, -0.1) is 0 Å². The number of phenols is 1. The molecule has 8 nitrogen and oxygen atoms in total. The first-order chi connectivity index (χ1) is 22.5. The molecule has 0 unspecified atom stereocenters. The van der Waals surface area contributed by atoms with Crippen molar-refractivity contribution in [3.05, 3.63) is 141 Å². The van der Waals surface area contributed by atoms with Crippen molar-refractivity contribution in [2.24, 2.45) is 0 Å². The normalized spacial score (nSPS) is 11.6. The third kappa shape index (κ3) is 7.96. The number of aromatic carboxylic acids is 2. The summed E-state index contributed by atoms with van der Waals surface area (Å²) < 4.78 is 81.8. The van der Waals surface area contributed by atoms with E-state index in [2.05, 4.69) is 0 Å². The minimum Gasteiger partial charge on any atom is -0.506 e. The third-order valence-electron chi connectivity index (χ3n) is 6.63. The van der Waals surface area contributed by atoms with E-state index in [1.54, 1.807) is 0 Å². The molecule has 0 amide bonds. The maximum absolute atomic E-state index is 12.8. The van der Waals surface area contributed by atoms with Gasteiger partial charge in [0.05, 0.1) is 22.1 Å². The van der Waals surface area contributed by atoms with E-state index in [-0.39, 0.29) is 39.0 Å². The average molecular weight is 671 g/mol. The van der Waals surface area contributed by atoms with Gasteiger partial charge in [0, 0.05) is 11.6 Å². The summed E-state index contributed by atoms with van der Waals surface area (Å²) in [4.78, 5) is 46.3. The third-order valence-corrected chi connectivity index (χ3v) is 6.63. The maximum atomic E-state index is 12.8. The van der Waals surface area contributed by atoms with Gasteiger partial charge in [0.2, 0.25) is 0 Å². The number of fused-ring (bicyclic) bond motifs is 1. The number of carboxylic acids is 2. The molecule has 1 heterocycles. The Hall–Kier alpha value is -6.18. The van der Waals surface area contributed by atoms with Crippen LogP contribution in [0.4, 0.5) is 26.3 Å². The van der Waals surface area contributed by atoms with Crippen LogP contribution in [0.2, 0.25) is 0 Å². The lowest BCUT2D eigenvalue weighted by Crippen LogP contribution is -2.06. The van der Waals surface area contributed by atoms with Crippen LogP contribution in [0.25, 0.3) is 28.4 Å². The lowest BCUT2D eigenvalue weighted by atomic mass is 10.0. The molecule has 0 spiro atoms. The summed E-state index contributed by atoms with van der Waals surface area (Å²) in [5.74, 6) is -4.25. The molecule has 0 aliphatic rings. The van der Waals surface area contributed by atoms with Crippen molar-refractivity contribution in [2.75, 3.05) is 0 Å². The zero-order valence-corrected chi connectivity index (χ0v) is 24.0. The Morgan fingerprint density at radius 3 is 1.83 bits per heavy atom. The molecule has 3 N–H and O–H groups in total. The minimum absolute atomic E-state index is 0.0315. The highest BCUT2D eigenvalue weighted by Crippen LogP contribution is 2.33. The van der Waals surface area contributed by atoms with Gasteiger partial charge in [0.15, 0.2) is 16.8 Å². The molecule has 48 heavy (non-hydrogen) atoms. The van der Waals surface area contributed by atoms with Gasteiger partial charge >= 0.3 is 24.3 Å². The fourth-order valence-electron chi connectivity index (χ4n) is 4.33. The largest absolute Gasteiger partial charge is 0.506 e. The number of aromatic hydroxyl groups is 1. The molecule has 14 heteroatoms. The van der Waals surface area contributed by atoms with Gasteiger partial charge in [0.1, 0.15) is 22.6 Å². The van der Waals surface area contributed by atoms with E-state index >= 15 is 0 Å².